The number of halogens is 2. The third-order valence-corrected chi connectivity index (χ3v) is 3.03. The zero-order valence-electron chi connectivity index (χ0n) is 8.65. The molecule has 0 aromatic carbocycles. The Labute approximate surface area is 114 Å². The van der Waals surface area contributed by atoms with Crippen molar-refractivity contribution in [2.45, 2.75) is 42.6 Å². The molecule has 5 heteroatoms. The number of alkyl halides is 1. The predicted octanol–water partition coefficient (Wildman–Crippen LogP) is 2.21. The molecule has 84 valence electrons. The number of unbranched alkanes of at least 4 members (excludes halogenated alkanes) is 1. The first-order chi connectivity index (χ1) is 6.39. The monoisotopic (exact) mass is 424 g/mol. The standard InChI is InChI=1S/C9H18I2N2O/c1-9(2,10)8(14)7(12)5-3-4-6-13-11/h7,13H,3-6,12H2,1-2H3. The Morgan fingerprint density at radius 2 is 2.07 bits per heavy atom. The molecule has 14 heavy (non-hydrogen) atoms. The Hall–Kier alpha value is 1.05. The Balaban J connectivity index is 3.74. The van der Waals surface area contributed by atoms with Gasteiger partial charge in [0.15, 0.2) is 5.78 Å². The highest BCUT2D eigenvalue weighted by molar-refractivity contribution is 14.1. The van der Waals surface area contributed by atoms with E-state index in [1.807, 2.05) is 13.8 Å². The van der Waals surface area contributed by atoms with Crippen molar-refractivity contribution in [2.24, 2.45) is 5.73 Å². The topological polar surface area (TPSA) is 55.1 Å². The second-order valence-corrected chi connectivity index (χ2v) is 7.28. The molecule has 0 aliphatic heterocycles. The third-order valence-electron chi connectivity index (χ3n) is 1.96. The van der Waals surface area contributed by atoms with E-state index in [9.17, 15) is 4.79 Å². The number of hydrogen-bond donors (Lipinski definition) is 2. The molecule has 0 aromatic heterocycles. The molecule has 0 rings (SSSR count). The van der Waals surface area contributed by atoms with E-state index >= 15 is 0 Å². The fraction of sp³-hybridized carbons (Fsp3) is 0.889. The first kappa shape index (κ1) is 15.0. The molecule has 0 aliphatic carbocycles. The van der Waals surface area contributed by atoms with Gasteiger partial charge in [-0.3, -0.25) is 8.32 Å². The number of hydrogen-bond acceptors (Lipinski definition) is 3. The van der Waals surface area contributed by atoms with Crippen molar-refractivity contribution in [3.8, 4) is 0 Å². The van der Waals surface area contributed by atoms with Crippen LogP contribution in [0.15, 0.2) is 0 Å². The van der Waals surface area contributed by atoms with Gasteiger partial charge in [0.1, 0.15) is 0 Å². The molecule has 0 spiro atoms. The van der Waals surface area contributed by atoms with Crippen LogP contribution in [0.3, 0.4) is 0 Å². The van der Waals surface area contributed by atoms with Crippen LogP contribution in [0.5, 0.6) is 0 Å². The molecule has 0 aliphatic rings. The lowest BCUT2D eigenvalue weighted by Gasteiger charge is -2.19. The van der Waals surface area contributed by atoms with E-state index in [2.05, 4.69) is 49.0 Å². The van der Waals surface area contributed by atoms with Gasteiger partial charge in [0.2, 0.25) is 0 Å². The molecular formula is C9H18I2N2O. The Morgan fingerprint density at radius 3 is 2.50 bits per heavy atom. The fourth-order valence-corrected chi connectivity index (χ4v) is 1.91. The van der Waals surface area contributed by atoms with Gasteiger partial charge >= 0.3 is 0 Å². The summed E-state index contributed by atoms with van der Waals surface area (Å²) in [6, 6.07) is -0.295. The van der Waals surface area contributed by atoms with Crippen LogP contribution in [0.1, 0.15) is 33.1 Å². The number of rotatable bonds is 7. The maximum atomic E-state index is 11.7. The summed E-state index contributed by atoms with van der Waals surface area (Å²) in [7, 11) is 0. The summed E-state index contributed by atoms with van der Waals surface area (Å²) in [5.74, 6) is 0.153. The van der Waals surface area contributed by atoms with Gasteiger partial charge in [-0.1, -0.05) is 29.0 Å². The summed E-state index contributed by atoms with van der Waals surface area (Å²) < 4.78 is 2.71. The van der Waals surface area contributed by atoms with Crippen LogP contribution in [0.4, 0.5) is 0 Å². The second-order valence-electron chi connectivity index (χ2n) is 3.82. The van der Waals surface area contributed by atoms with Crippen molar-refractivity contribution in [2.75, 3.05) is 6.54 Å². The highest BCUT2D eigenvalue weighted by Crippen LogP contribution is 2.20. The average molecular weight is 424 g/mol. The first-order valence-corrected chi connectivity index (χ1v) is 6.87. The maximum Gasteiger partial charge on any atom is 0.164 e. The molecule has 0 radical (unpaired) electrons. The van der Waals surface area contributed by atoms with Gasteiger partial charge in [-0.15, -0.1) is 0 Å². The fourth-order valence-electron chi connectivity index (χ4n) is 1.13. The van der Waals surface area contributed by atoms with E-state index in [0.717, 1.165) is 25.8 Å². The summed E-state index contributed by atoms with van der Waals surface area (Å²) in [6.07, 6.45) is 2.88. The quantitative estimate of drug-likeness (QED) is 0.285. The molecule has 0 fully saturated rings. The van der Waals surface area contributed by atoms with E-state index in [-0.39, 0.29) is 15.2 Å². The molecule has 0 heterocycles. The van der Waals surface area contributed by atoms with Crippen LogP contribution < -0.4 is 9.26 Å². The van der Waals surface area contributed by atoms with Crippen LogP contribution in [0.2, 0.25) is 0 Å². The van der Waals surface area contributed by atoms with E-state index in [1.54, 1.807) is 0 Å². The van der Waals surface area contributed by atoms with Gasteiger partial charge in [-0.25, -0.2) is 0 Å². The minimum Gasteiger partial charge on any atom is -0.321 e. The van der Waals surface area contributed by atoms with Gasteiger partial charge in [0.05, 0.1) is 9.46 Å². The number of ketones is 1. The molecule has 0 aromatic rings. The number of nitrogens with one attached hydrogen (secondary N) is 1. The zero-order valence-corrected chi connectivity index (χ0v) is 13.0. The average Bonchev–Trinajstić information content (AvgIpc) is 2.09. The van der Waals surface area contributed by atoms with E-state index in [4.69, 9.17) is 5.73 Å². The lowest BCUT2D eigenvalue weighted by molar-refractivity contribution is -0.121. The van der Waals surface area contributed by atoms with Crippen molar-refractivity contribution in [3.05, 3.63) is 0 Å². The highest BCUT2D eigenvalue weighted by atomic mass is 127. The van der Waals surface area contributed by atoms with Gasteiger partial charge in [-0.2, -0.15) is 0 Å². The van der Waals surface area contributed by atoms with Gasteiger partial charge in [0, 0.05) is 29.4 Å². The van der Waals surface area contributed by atoms with Gasteiger partial charge in [0.25, 0.3) is 0 Å². The molecule has 0 bridgehead atoms. The van der Waals surface area contributed by atoms with Crippen molar-refractivity contribution >= 4 is 51.2 Å². The zero-order chi connectivity index (χ0) is 11.2. The second kappa shape index (κ2) is 7.34. The third kappa shape index (κ3) is 6.52. The van der Waals surface area contributed by atoms with Crippen LogP contribution in [0.25, 0.3) is 0 Å². The van der Waals surface area contributed by atoms with E-state index in [0.29, 0.717) is 0 Å². The lowest BCUT2D eigenvalue weighted by atomic mass is 9.98. The molecule has 1 unspecified atom stereocenters. The molecule has 1 atom stereocenters. The summed E-state index contributed by atoms with van der Waals surface area (Å²) in [5, 5.41) is 0. The molecule has 0 amide bonds. The smallest absolute Gasteiger partial charge is 0.164 e. The Kier molecular flexibility index (Phi) is 7.89. The van der Waals surface area contributed by atoms with Gasteiger partial charge in [-0.05, 0) is 26.7 Å². The Morgan fingerprint density at radius 1 is 1.50 bits per heavy atom. The van der Waals surface area contributed by atoms with Crippen LogP contribution in [0, 0.1) is 0 Å². The maximum absolute atomic E-state index is 11.7. The van der Waals surface area contributed by atoms with Crippen LogP contribution in [-0.2, 0) is 4.79 Å². The largest absolute Gasteiger partial charge is 0.321 e. The van der Waals surface area contributed by atoms with Gasteiger partial charge < -0.3 is 5.73 Å². The molecule has 3 N–H and O–H groups in total. The highest BCUT2D eigenvalue weighted by Gasteiger charge is 2.28. The lowest BCUT2D eigenvalue weighted by Crippen LogP contribution is -2.40. The predicted molar refractivity (Wildman–Crippen MR) is 77.0 cm³/mol. The minimum absolute atomic E-state index is 0.153. The molecular weight excluding hydrogens is 406 g/mol. The Bertz CT molecular complexity index is 180. The number of nitrogens with two attached hydrogens (primary N) is 1. The molecule has 0 saturated carbocycles. The van der Waals surface area contributed by atoms with Crippen LogP contribution in [-0.4, -0.2) is 21.8 Å². The number of carbonyl (C=O) groups excluding carboxylic acids is 1. The summed E-state index contributed by atoms with van der Waals surface area (Å²) in [4.78, 5) is 11.7. The minimum atomic E-state index is -0.335. The first-order valence-electron chi connectivity index (χ1n) is 4.72. The molecule has 0 saturated heterocycles. The van der Waals surface area contributed by atoms with E-state index in [1.165, 1.54) is 0 Å². The SMILES string of the molecule is CC(C)(I)C(=O)C(N)CCCCNI. The van der Waals surface area contributed by atoms with Crippen molar-refractivity contribution in [3.63, 3.8) is 0 Å². The molecule has 3 nitrogen and oxygen atoms in total. The van der Waals surface area contributed by atoms with Crippen molar-refractivity contribution < 1.29 is 4.79 Å². The van der Waals surface area contributed by atoms with Crippen LogP contribution >= 0.6 is 45.5 Å². The summed E-state index contributed by atoms with van der Waals surface area (Å²) in [5.41, 5.74) is 5.81. The van der Waals surface area contributed by atoms with E-state index < -0.39 is 0 Å². The normalized spacial score (nSPS) is 14.1. The van der Waals surface area contributed by atoms with Crippen molar-refractivity contribution in [1.82, 2.24) is 3.53 Å². The number of carbonyl (C=O) groups is 1. The summed E-state index contributed by atoms with van der Waals surface area (Å²) in [6.45, 7) is 4.79. The summed E-state index contributed by atoms with van der Waals surface area (Å²) >= 11 is 4.26. The number of Topliss-reactive ketones (excluding diaryl/α,β-unsaturated/α-hetero) is 1. The van der Waals surface area contributed by atoms with Crippen molar-refractivity contribution in [1.29, 1.82) is 0 Å².